The van der Waals surface area contributed by atoms with Crippen LogP contribution >= 0.6 is 0 Å². The van der Waals surface area contributed by atoms with Crippen LogP contribution in [0.3, 0.4) is 0 Å². The predicted molar refractivity (Wildman–Crippen MR) is 122 cm³/mol. The number of carbonyl (C=O) groups is 1. The molecule has 2 nitrogen and oxygen atoms in total. The van der Waals surface area contributed by atoms with Crippen LogP contribution in [0.1, 0.15) is 46.5 Å². The highest BCUT2D eigenvalue weighted by molar-refractivity contribution is 6.16. The topological polar surface area (TPSA) is 31.0 Å². The molecule has 30 heavy (non-hydrogen) atoms. The van der Waals surface area contributed by atoms with Gasteiger partial charge < -0.3 is 0 Å². The van der Waals surface area contributed by atoms with Crippen LogP contribution in [0.2, 0.25) is 0 Å². The Bertz CT molecular complexity index is 1290. The smallest absolute Gasteiger partial charge is 0.193 e. The number of hydrogen-bond acceptors (Lipinski definition) is 1. The van der Waals surface area contributed by atoms with E-state index in [1.54, 1.807) is 0 Å². The van der Waals surface area contributed by atoms with E-state index in [9.17, 15) is 4.79 Å². The molecule has 1 N–H and O–H groups in total. The first kappa shape index (κ1) is 18.5. The van der Waals surface area contributed by atoms with Gasteiger partial charge >= 0.3 is 0 Å². The zero-order chi connectivity index (χ0) is 20.7. The number of carbonyl (C=O) groups excluding carboxylic acids is 1. The van der Waals surface area contributed by atoms with Gasteiger partial charge in [-0.25, -0.2) is 4.99 Å². The average Bonchev–Trinajstić information content (AvgIpc) is 3.03. The molecule has 2 heteroatoms. The van der Waals surface area contributed by atoms with Crippen LogP contribution in [0.15, 0.2) is 91.0 Å². The molecule has 0 spiro atoms. The van der Waals surface area contributed by atoms with E-state index < -0.39 is 0 Å². The maximum absolute atomic E-state index is 13.1. The Morgan fingerprint density at radius 3 is 2.33 bits per heavy atom. The Morgan fingerprint density at radius 2 is 1.50 bits per heavy atom. The number of hydrogen-bond donors (Lipinski definition) is 1. The van der Waals surface area contributed by atoms with Gasteiger partial charge in [-0.05, 0) is 22.4 Å². The number of ketones is 1. The third-order valence-electron chi connectivity index (χ3n) is 6.02. The molecule has 0 radical (unpaired) electrons. The minimum atomic E-state index is -0.0593. The highest BCUT2D eigenvalue weighted by Gasteiger charge is 2.37. The summed E-state index contributed by atoms with van der Waals surface area (Å²) in [4.78, 5) is 16.8. The first-order valence-corrected chi connectivity index (χ1v) is 10.4. The minimum absolute atomic E-state index is 0.0593. The van der Waals surface area contributed by atoms with Crippen LogP contribution in [0.5, 0.6) is 0 Å². The molecule has 0 fully saturated rings. The molecule has 0 unspecified atom stereocenters. The maximum atomic E-state index is 13.1. The van der Waals surface area contributed by atoms with Gasteiger partial charge in [0, 0.05) is 30.5 Å². The Labute approximate surface area is 176 Å². The molecule has 0 aliphatic carbocycles. The van der Waals surface area contributed by atoms with Gasteiger partial charge in [0.2, 0.25) is 0 Å². The fraction of sp³-hybridized carbons (Fsp3) is 0.143. The van der Waals surface area contributed by atoms with Crippen LogP contribution in [-0.4, -0.2) is 11.5 Å². The molecule has 0 saturated carbocycles. The molecule has 4 aromatic rings. The summed E-state index contributed by atoms with van der Waals surface area (Å²) in [5, 5.41) is 2.09. The van der Waals surface area contributed by atoms with E-state index in [4.69, 9.17) is 0 Å². The molecule has 1 heterocycles. The Balaban J connectivity index is 1.42. The van der Waals surface area contributed by atoms with E-state index in [1.807, 2.05) is 54.6 Å². The highest BCUT2D eigenvalue weighted by Crippen LogP contribution is 2.25. The molecular formula is C28H24NO+. The standard InChI is InChI=1S/C28H23NO/c1-28(2)25-13-6-5-11-24(25)26(29-28)18-19-14-16-21(17-15-19)27(30)23-12-7-9-20-8-3-4-10-22(20)23/h3-17H,18H2,1-2H3/p+1. The van der Waals surface area contributed by atoms with Crippen LogP contribution in [0.4, 0.5) is 0 Å². The van der Waals surface area contributed by atoms with Crippen LogP contribution in [0.25, 0.3) is 10.8 Å². The Morgan fingerprint density at radius 1 is 0.800 bits per heavy atom. The van der Waals surface area contributed by atoms with E-state index in [2.05, 4.69) is 55.2 Å². The van der Waals surface area contributed by atoms with Crippen molar-refractivity contribution in [3.63, 3.8) is 0 Å². The Hall–Kier alpha value is -3.52. The third-order valence-corrected chi connectivity index (χ3v) is 6.02. The molecule has 0 aromatic heterocycles. The molecule has 0 bridgehead atoms. The lowest BCUT2D eigenvalue weighted by atomic mass is 9.92. The van der Waals surface area contributed by atoms with Crippen molar-refractivity contribution in [2.24, 2.45) is 0 Å². The van der Waals surface area contributed by atoms with Gasteiger partial charge in [-0.3, -0.25) is 4.79 Å². The van der Waals surface area contributed by atoms with Gasteiger partial charge in [-0.15, -0.1) is 0 Å². The van der Waals surface area contributed by atoms with Crippen molar-refractivity contribution in [2.75, 3.05) is 0 Å². The van der Waals surface area contributed by atoms with E-state index in [0.29, 0.717) is 0 Å². The van der Waals surface area contributed by atoms with E-state index in [1.165, 1.54) is 22.4 Å². The van der Waals surface area contributed by atoms with Crippen molar-refractivity contribution in [1.82, 2.24) is 0 Å². The molecule has 1 aliphatic heterocycles. The van der Waals surface area contributed by atoms with Gasteiger partial charge in [-0.2, -0.15) is 0 Å². The van der Waals surface area contributed by atoms with Crippen molar-refractivity contribution in [3.8, 4) is 0 Å². The van der Waals surface area contributed by atoms with E-state index in [-0.39, 0.29) is 11.3 Å². The first-order valence-electron chi connectivity index (χ1n) is 10.4. The summed E-state index contributed by atoms with van der Waals surface area (Å²) >= 11 is 0. The molecule has 4 aromatic carbocycles. The maximum Gasteiger partial charge on any atom is 0.193 e. The molecule has 146 valence electrons. The summed E-state index contributed by atoms with van der Waals surface area (Å²) in [6.07, 6.45) is 0.823. The second-order valence-corrected chi connectivity index (χ2v) is 8.50. The minimum Gasteiger partial charge on any atom is -0.289 e. The summed E-state index contributed by atoms with van der Waals surface area (Å²) < 4.78 is 0. The van der Waals surface area contributed by atoms with Crippen molar-refractivity contribution >= 4 is 22.3 Å². The zero-order valence-corrected chi connectivity index (χ0v) is 17.3. The van der Waals surface area contributed by atoms with Crippen LogP contribution in [-0.2, 0) is 12.0 Å². The number of fused-ring (bicyclic) bond motifs is 2. The fourth-order valence-electron chi connectivity index (χ4n) is 4.50. The second kappa shape index (κ2) is 7.07. The normalized spacial score (nSPS) is 14.4. The van der Waals surface area contributed by atoms with Crippen LogP contribution in [0, 0.1) is 0 Å². The summed E-state index contributed by atoms with van der Waals surface area (Å²) in [7, 11) is 0. The number of rotatable bonds is 4. The number of nitrogens with one attached hydrogen (secondary N) is 1. The second-order valence-electron chi connectivity index (χ2n) is 8.50. The first-order chi connectivity index (χ1) is 14.5. The van der Waals surface area contributed by atoms with Gasteiger partial charge in [0.1, 0.15) is 0 Å². The fourth-order valence-corrected chi connectivity index (χ4v) is 4.50. The molecule has 5 rings (SSSR count). The van der Waals surface area contributed by atoms with Gasteiger partial charge in [-0.1, -0.05) is 84.9 Å². The Kier molecular flexibility index (Phi) is 4.36. The SMILES string of the molecule is CC1(C)[NH+]=C(Cc2ccc(C(=O)c3cccc4ccccc34)cc2)c2ccccc21. The molecule has 0 saturated heterocycles. The average molecular weight is 391 g/mol. The summed E-state index contributed by atoms with van der Waals surface area (Å²) in [6, 6.07) is 30.5. The lowest BCUT2D eigenvalue weighted by Crippen LogP contribution is -2.80. The zero-order valence-electron chi connectivity index (χ0n) is 17.3. The number of benzene rings is 4. The van der Waals surface area contributed by atoms with E-state index in [0.717, 1.165) is 28.3 Å². The van der Waals surface area contributed by atoms with Crippen molar-refractivity contribution in [1.29, 1.82) is 0 Å². The summed E-state index contributed by atoms with van der Waals surface area (Å²) in [6.45, 7) is 4.43. The monoisotopic (exact) mass is 390 g/mol. The van der Waals surface area contributed by atoms with Gasteiger partial charge in [0.15, 0.2) is 17.0 Å². The molecule has 1 aliphatic rings. The van der Waals surface area contributed by atoms with Crippen molar-refractivity contribution in [3.05, 3.63) is 119 Å². The van der Waals surface area contributed by atoms with E-state index >= 15 is 0 Å². The quantitative estimate of drug-likeness (QED) is 0.514. The predicted octanol–water partition coefficient (Wildman–Crippen LogP) is 4.43. The highest BCUT2D eigenvalue weighted by atomic mass is 16.1. The summed E-state index contributed by atoms with van der Waals surface area (Å²) in [5.41, 5.74) is 6.48. The molecule has 0 atom stereocenters. The van der Waals surface area contributed by atoms with Crippen molar-refractivity contribution in [2.45, 2.75) is 25.8 Å². The van der Waals surface area contributed by atoms with Gasteiger partial charge in [0.25, 0.3) is 0 Å². The van der Waals surface area contributed by atoms with Crippen LogP contribution < -0.4 is 4.99 Å². The summed E-state index contributed by atoms with van der Waals surface area (Å²) in [5.74, 6) is 0.0662. The lowest BCUT2D eigenvalue weighted by Gasteiger charge is -2.09. The molecular weight excluding hydrogens is 366 g/mol. The molecule has 0 amide bonds. The van der Waals surface area contributed by atoms with Gasteiger partial charge in [0.05, 0.1) is 12.0 Å². The largest absolute Gasteiger partial charge is 0.289 e. The van der Waals surface area contributed by atoms with Crippen molar-refractivity contribution < 1.29 is 9.79 Å². The lowest BCUT2D eigenvalue weighted by molar-refractivity contribution is -0.548. The third kappa shape index (κ3) is 3.15.